The molecule has 3 aromatic heterocycles. The first-order valence-electron chi connectivity index (χ1n) is 9.53. The summed E-state index contributed by atoms with van der Waals surface area (Å²) in [6.07, 6.45) is 9.64. The van der Waals surface area contributed by atoms with Crippen LogP contribution in [0.5, 0.6) is 0 Å². The quantitative estimate of drug-likeness (QED) is 0.709. The van der Waals surface area contributed by atoms with Crippen LogP contribution in [0.4, 0.5) is 0 Å². The largest absolute Gasteiger partial charge is 0.299 e. The second-order valence-corrected chi connectivity index (χ2v) is 7.30. The van der Waals surface area contributed by atoms with Crippen LogP contribution in [0.3, 0.4) is 0 Å². The zero-order valence-electron chi connectivity index (χ0n) is 15.5. The molecule has 0 aliphatic carbocycles. The monoisotopic (exact) mass is 349 g/mol. The predicted molar refractivity (Wildman–Crippen MR) is 104 cm³/mol. The molecule has 0 N–H and O–H groups in total. The zero-order chi connectivity index (χ0) is 17.8. The molecule has 3 aromatic rings. The molecule has 0 bridgehead atoms. The molecule has 0 spiro atoms. The number of hydrogen-bond donors (Lipinski definition) is 0. The van der Waals surface area contributed by atoms with Gasteiger partial charge in [0.2, 0.25) is 0 Å². The second kappa shape index (κ2) is 7.98. The first-order valence-corrected chi connectivity index (χ1v) is 9.53. The second-order valence-electron chi connectivity index (χ2n) is 7.30. The van der Waals surface area contributed by atoms with Gasteiger partial charge in [-0.05, 0) is 63.7 Å². The Morgan fingerprint density at radius 3 is 2.92 bits per heavy atom. The Bertz CT molecular complexity index is 829. The van der Waals surface area contributed by atoms with E-state index in [1.54, 1.807) is 0 Å². The number of nitrogens with zero attached hydrogens (tertiary/aromatic N) is 5. The average molecular weight is 349 g/mol. The Balaban J connectivity index is 1.36. The van der Waals surface area contributed by atoms with Gasteiger partial charge in [-0.25, -0.2) is 4.52 Å². The molecule has 26 heavy (non-hydrogen) atoms. The average Bonchev–Trinajstić information content (AvgIpc) is 2.92. The van der Waals surface area contributed by atoms with Crippen LogP contribution in [0.2, 0.25) is 0 Å². The van der Waals surface area contributed by atoms with E-state index < -0.39 is 0 Å². The summed E-state index contributed by atoms with van der Waals surface area (Å²) in [7, 11) is 2.24. The maximum atomic E-state index is 4.47. The number of likely N-dealkylation sites (tertiary alicyclic amines) is 1. The van der Waals surface area contributed by atoms with E-state index in [9.17, 15) is 0 Å². The lowest BCUT2D eigenvalue weighted by Gasteiger charge is -2.27. The fourth-order valence-electron chi connectivity index (χ4n) is 3.96. The maximum Gasteiger partial charge on any atom is 0.0706 e. The van der Waals surface area contributed by atoms with E-state index in [1.807, 2.05) is 35.2 Å². The molecule has 0 radical (unpaired) electrons. The topological polar surface area (TPSA) is 36.7 Å². The molecular weight excluding hydrogens is 322 g/mol. The zero-order valence-corrected chi connectivity index (χ0v) is 15.5. The van der Waals surface area contributed by atoms with Gasteiger partial charge in [0.25, 0.3) is 0 Å². The summed E-state index contributed by atoms with van der Waals surface area (Å²) < 4.78 is 1.97. The third-order valence-corrected chi connectivity index (χ3v) is 5.45. The molecule has 0 aromatic carbocycles. The SMILES string of the molecule is CN(Cc1ccccn1)[C@@H]1CCCN(Cc2cnn3ccccc23)CC1. The van der Waals surface area contributed by atoms with Gasteiger partial charge in [-0.1, -0.05) is 12.1 Å². The number of pyridine rings is 2. The van der Waals surface area contributed by atoms with Crippen molar-refractivity contribution in [3.8, 4) is 0 Å². The molecule has 1 atom stereocenters. The minimum Gasteiger partial charge on any atom is -0.299 e. The predicted octanol–water partition coefficient (Wildman–Crippen LogP) is 3.22. The van der Waals surface area contributed by atoms with Crippen molar-refractivity contribution < 1.29 is 0 Å². The van der Waals surface area contributed by atoms with Crippen LogP contribution in [0.1, 0.15) is 30.5 Å². The summed E-state index contributed by atoms with van der Waals surface area (Å²) in [6.45, 7) is 4.23. The molecular formula is C21H27N5. The molecule has 0 amide bonds. The van der Waals surface area contributed by atoms with Gasteiger partial charge in [-0.2, -0.15) is 5.10 Å². The van der Waals surface area contributed by atoms with Gasteiger partial charge in [-0.15, -0.1) is 0 Å². The van der Waals surface area contributed by atoms with Crippen LogP contribution in [-0.2, 0) is 13.1 Å². The van der Waals surface area contributed by atoms with Gasteiger partial charge in [0.05, 0.1) is 17.4 Å². The Hall–Kier alpha value is -2.24. The smallest absolute Gasteiger partial charge is 0.0706 e. The number of fused-ring (bicyclic) bond motifs is 1. The molecule has 4 heterocycles. The molecule has 1 aliphatic heterocycles. The molecule has 5 heteroatoms. The molecule has 1 aliphatic rings. The van der Waals surface area contributed by atoms with Gasteiger partial charge in [-0.3, -0.25) is 14.8 Å². The fourth-order valence-corrected chi connectivity index (χ4v) is 3.96. The van der Waals surface area contributed by atoms with E-state index >= 15 is 0 Å². The van der Waals surface area contributed by atoms with Crippen LogP contribution in [0.15, 0.2) is 55.0 Å². The minimum atomic E-state index is 0.630. The van der Waals surface area contributed by atoms with Crippen LogP contribution < -0.4 is 0 Å². The van der Waals surface area contributed by atoms with E-state index in [1.165, 1.54) is 30.3 Å². The molecule has 0 unspecified atom stereocenters. The summed E-state index contributed by atoms with van der Waals surface area (Å²) in [4.78, 5) is 9.52. The molecule has 4 rings (SSSR count). The van der Waals surface area contributed by atoms with E-state index in [-0.39, 0.29) is 0 Å². The molecule has 0 saturated carbocycles. The van der Waals surface area contributed by atoms with E-state index in [2.05, 4.69) is 51.2 Å². The molecule has 1 saturated heterocycles. The summed E-state index contributed by atoms with van der Waals surface area (Å²) in [6, 6.07) is 13.1. The van der Waals surface area contributed by atoms with Crippen molar-refractivity contribution in [1.29, 1.82) is 0 Å². The lowest BCUT2D eigenvalue weighted by atomic mass is 10.1. The van der Waals surface area contributed by atoms with Crippen LogP contribution >= 0.6 is 0 Å². The Labute approximate surface area is 155 Å². The highest BCUT2D eigenvalue weighted by Crippen LogP contribution is 2.20. The number of hydrogen-bond acceptors (Lipinski definition) is 4. The summed E-state index contributed by atoms with van der Waals surface area (Å²) in [5.41, 5.74) is 3.70. The molecule has 5 nitrogen and oxygen atoms in total. The van der Waals surface area contributed by atoms with Gasteiger partial charge >= 0.3 is 0 Å². The van der Waals surface area contributed by atoms with E-state index in [4.69, 9.17) is 0 Å². The van der Waals surface area contributed by atoms with Crippen molar-refractivity contribution in [3.63, 3.8) is 0 Å². The lowest BCUT2D eigenvalue weighted by Crippen LogP contribution is -2.32. The maximum absolute atomic E-state index is 4.47. The summed E-state index contributed by atoms with van der Waals surface area (Å²) in [5.74, 6) is 0. The first-order chi connectivity index (χ1) is 12.8. The van der Waals surface area contributed by atoms with Crippen LogP contribution in [-0.4, -0.2) is 50.6 Å². The van der Waals surface area contributed by atoms with Crippen molar-refractivity contribution in [1.82, 2.24) is 24.4 Å². The lowest BCUT2D eigenvalue weighted by molar-refractivity contribution is 0.204. The van der Waals surface area contributed by atoms with Gasteiger partial charge < -0.3 is 0 Å². The third kappa shape index (κ3) is 3.94. The summed E-state index contributed by atoms with van der Waals surface area (Å²) in [5, 5.41) is 4.47. The van der Waals surface area contributed by atoms with Gasteiger partial charge in [0, 0.05) is 37.1 Å². The van der Waals surface area contributed by atoms with Crippen LogP contribution in [0, 0.1) is 0 Å². The fraction of sp³-hybridized carbons (Fsp3) is 0.429. The Morgan fingerprint density at radius 2 is 2.04 bits per heavy atom. The third-order valence-electron chi connectivity index (χ3n) is 5.45. The molecule has 1 fully saturated rings. The highest BCUT2D eigenvalue weighted by molar-refractivity contribution is 5.53. The molecule has 136 valence electrons. The van der Waals surface area contributed by atoms with Crippen LogP contribution in [0.25, 0.3) is 5.52 Å². The van der Waals surface area contributed by atoms with Crippen molar-refractivity contribution in [2.75, 3.05) is 20.1 Å². The Morgan fingerprint density at radius 1 is 1.12 bits per heavy atom. The van der Waals surface area contributed by atoms with E-state index in [0.717, 1.165) is 31.9 Å². The van der Waals surface area contributed by atoms with Crippen molar-refractivity contribution in [2.24, 2.45) is 0 Å². The Kier molecular flexibility index (Phi) is 5.27. The number of aromatic nitrogens is 3. The van der Waals surface area contributed by atoms with Gasteiger partial charge in [0.15, 0.2) is 0 Å². The highest BCUT2D eigenvalue weighted by atomic mass is 15.2. The van der Waals surface area contributed by atoms with Crippen molar-refractivity contribution in [3.05, 3.63) is 66.2 Å². The summed E-state index contributed by atoms with van der Waals surface area (Å²) >= 11 is 0. The number of rotatable bonds is 5. The van der Waals surface area contributed by atoms with Gasteiger partial charge in [0.1, 0.15) is 0 Å². The normalized spacial score (nSPS) is 19.1. The minimum absolute atomic E-state index is 0.630. The highest BCUT2D eigenvalue weighted by Gasteiger charge is 2.21. The standard InChI is InChI=1S/C21H27N5/c1-24(17-19-7-2-4-11-22-19)20-8-6-12-25(14-10-20)16-18-15-23-26-13-5-3-9-21(18)26/h2-5,7,9,11,13,15,20H,6,8,10,12,14,16-17H2,1H3/t20-/m1/s1. The van der Waals surface area contributed by atoms with Crippen molar-refractivity contribution >= 4 is 5.52 Å². The van der Waals surface area contributed by atoms with E-state index in [0.29, 0.717) is 6.04 Å². The van der Waals surface area contributed by atoms with Crippen molar-refractivity contribution in [2.45, 2.75) is 38.4 Å². The first kappa shape index (κ1) is 17.2.